The molecular weight excluding hydrogens is 383 g/mol. The third-order valence-corrected chi connectivity index (χ3v) is 7.30. The van der Waals surface area contributed by atoms with E-state index in [1.54, 1.807) is 0 Å². The monoisotopic (exact) mass is 390 g/mol. The zero-order valence-corrected chi connectivity index (χ0v) is 15.1. The van der Waals surface area contributed by atoms with Crippen LogP contribution in [0.15, 0.2) is 15.9 Å². The molecule has 0 radical (unpaired) electrons. The van der Waals surface area contributed by atoms with Gasteiger partial charge in [-0.3, -0.25) is 0 Å². The molecule has 1 aromatic rings. The molecule has 4 nitrogen and oxygen atoms in total. The van der Waals surface area contributed by atoms with Crippen LogP contribution in [0.25, 0.3) is 0 Å². The van der Waals surface area contributed by atoms with Crippen molar-refractivity contribution >= 4 is 68.3 Å². The smallest absolute Gasteiger partial charge is 0.207 e. The van der Waals surface area contributed by atoms with E-state index in [1.807, 2.05) is 5.40 Å². The molecule has 0 aliphatic carbocycles. The molecule has 1 aromatic carbocycles. The van der Waals surface area contributed by atoms with E-state index in [1.165, 1.54) is 20.2 Å². The zero-order valence-electron chi connectivity index (χ0n) is 10.4. The standard InChI is InChI=1S/C10H9Cl3N2O2S3/c1-15(2)20(16,17)7-3-6(11)8(12)9(13)10(7)19-5-18-4-14/h3H,5H2,1-2H3. The van der Waals surface area contributed by atoms with Gasteiger partial charge in [-0.25, -0.2) is 12.7 Å². The number of thiocyanates is 1. The average Bonchev–Trinajstić information content (AvgIpc) is 2.38. The van der Waals surface area contributed by atoms with Gasteiger partial charge < -0.3 is 0 Å². The summed E-state index contributed by atoms with van der Waals surface area (Å²) in [5.41, 5.74) is 0. The molecule has 0 atom stereocenters. The topological polar surface area (TPSA) is 61.2 Å². The maximum atomic E-state index is 12.3. The van der Waals surface area contributed by atoms with Crippen LogP contribution in [0.4, 0.5) is 0 Å². The Balaban J connectivity index is 3.46. The van der Waals surface area contributed by atoms with E-state index >= 15 is 0 Å². The summed E-state index contributed by atoms with van der Waals surface area (Å²) in [6, 6.07) is 1.27. The van der Waals surface area contributed by atoms with Crippen LogP contribution in [0.2, 0.25) is 15.1 Å². The molecule has 0 saturated heterocycles. The second kappa shape index (κ2) is 7.45. The number of halogens is 3. The van der Waals surface area contributed by atoms with Crippen LogP contribution in [0.5, 0.6) is 0 Å². The van der Waals surface area contributed by atoms with Gasteiger partial charge in [0.1, 0.15) is 5.40 Å². The molecule has 1 rings (SSSR count). The maximum Gasteiger partial charge on any atom is 0.243 e. The van der Waals surface area contributed by atoms with E-state index in [0.29, 0.717) is 5.08 Å². The van der Waals surface area contributed by atoms with E-state index in [-0.39, 0.29) is 24.9 Å². The van der Waals surface area contributed by atoms with Gasteiger partial charge in [-0.2, -0.15) is 5.26 Å². The fourth-order valence-electron chi connectivity index (χ4n) is 1.19. The Bertz CT molecular complexity index is 657. The Morgan fingerprint density at radius 2 is 1.90 bits per heavy atom. The van der Waals surface area contributed by atoms with Crippen molar-refractivity contribution in [2.45, 2.75) is 9.79 Å². The number of thioether (sulfide) groups is 2. The molecule has 110 valence electrons. The predicted molar refractivity (Wildman–Crippen MR) is 86.3 cm³/mol. The first-order chi connectivity index (χ1) is 9.23. The molecule has 10 heteroatoms. The lowest BCUT2D eigenvalue weighted by molar-refractivity contribution is 0.518. The van der Waals surface area contributed by atoms with Gasteiger partial charge in [0.15, 0.2) is 0 Å². The van der Waals surface area contributed by atoms with Crippen LogP contribution < -0.4 is 0 Å². The first kappa shape index (κ1) is 18.2. The molecule has 0 aromatic heterocycles. The van der Waals surface area contributed by atoms with Crippen molar-refractivity contribution in [1.82, 2.24) is 4.31 Å². The Morgan fingerprint density at radius 1 is 1.30 bits per heavy atom. The summed E-state index contributed by atoms with van der Waals surface area (Å²) < 4.78 is 25.6. The molecule has 0 spiro atoms. The lowest BCUT2D eigenvalue weighted by Crippen LogP contribution is -2.23. The van der Waals surface area contributed by atoms with E-state index in [4.69, 9.17) is 40.1 Å². The number of sulfonamides is 1. The normalized spacial score (nSPS) is 11.7. The van der Waals surface area contributed by atoms with Crippen molar-refractivity contribution in [2.75, 3.05) is 19.2 Å². The van der Waals surface area contributed by atoms with Gasteiger partial charge in [0.25, 0.3) is 0 Å². The summed E-state index contributed by atoms with van der Waals surface area (Å²) in [7, 11) is -0.900. The van der Waals surface area contributed by atoms with Gasteiger partial charge in [0.2, 0.25) is 10.0 Å². The summed E-state index contributed by atoms with van der Waals surface area (Å²) in [5, 5.41) is 11.0. The highest BCUT2D eigenvalue weighted by Gasteiger charge is 2.26. The number of nitrogens with zero attached hydrogens (tertiary/aromatic N) is 2. The number of rotatable bonds is 5. The Labute approximate surface area is 141 Å². The highest BCUT2D eigenvalue weighted by Crippen LogP contribution is 2.43. The van der Waals surface area contributed by atoms with E-state index in [0.717, 1.165) is 27.8 Å². The number of hydrogen-bond acceptors (Lipinski definition) is 5. The van der Waals surface area contributed by atoms with Crippen LogP contribution in [-0.4, -0.2) is 31.9 Å². The lowest BCUT2D eigenvalue weighted by atomic mass is 10.3. The van der Waals surface area contributed by atoms with Gasteiger partial charge >= 0.3 is 0 Å². The van der Waals surface area contributed by atoms with Gasteiger partial charge in [-0.15, -0.1) is 11.8 Å². The molecule has 0 unspecified atom stereocenters. The molecule has 0 fully saturated rings. The van der Waals surface area contributed by atoms with Crippen molar-refractivity contribution in [3.8, 4) is 5.40 Å². The quantitative estimate of drug-likeness (QED) is 0.248. The van der Waals surface area contributed by atoms with Crippen molar-refractivity contribution in [3.05, 3.63) is 21.1 Å². The fraction of sp³-hybridized carbons (Fsp3) is 0.300. The summed E-state index contributed by atoms with van der Waals surface area (Å²) in [5.74, 6) is 0. The second-order valence-electron chi connectivity index (χ2n) is 3.60. The van der Waals surface area contributed by atoms with E-state index in [9.17, 15) is 8.42 Å². The summed E-state index contributed by atoms with van der Waals surface area (Å²) in [6.07, 6.45) is 0. The number of hydrogen-bond donors (Lipinski definition) is 0. The molecule has 0 aliphatic rings. The van der Waals surface area contributed by atoms with Crippen LogP contribution in [-0.2, 0) is 10.0 Å². The first-order valence-electron chi connectivity index (χ1n) is 4.97. The Kier molecular flexibility index (Phi) is 6.80. The summed E-state index contributed by atoms with van der Waals surface area (Å²) in [6.45, 7) is 0. The third-order valence-electron chi connectivity index (χ3n) is 2.17. The summed E-state index contributed by atoms with van der Waals surface area (Å²) >= 11 is 20.0. The molecule has 0 N–H and O–H groups in total. The molecule has 0 amide bonds. The minimum atomic E-state index is -3.71. The van der Waals surface area contributed by atoms with Crippen LogP contribution in [0.1, 0.15) is 0 Å². The third kappa shape index (κ3) is 3.89. The highest BCUT2D eigenvalue weighted by atomic mass is 35.5. The zero-order chi connectivity index (χ0) is 15.5. The van der Waals surface area contributed by atoms with Crippen molar-refractivity contribution in [3.63, 3.8) is 0 Å². The average molecular weight is 392 g/mol. The predicted octanol–water partition coefficient (Wildman–Crippen LogP) is 4.16. The summed E-state index contributed by atoms with van der Waals surface area (Å²) in [4.78, 5) is 0.267. The highest BCUT2D eigenvalue weighted by molar-refractivity contribution is 8.18. The largest absolute Gasteiger partial charge is 0.243 e. The maximum absolute atomic E-state index is 12.3. The molecule has 0 heterocycles. The van der Waals surface area contributed by atoms with Gasteiger partial charge in [0.05, 0.1) is 25.0 Å². The Morgan fingerprint density at radius 3 is 2.40 bits per heavy atom. The fourth-order valence-corrected chi connectivity index (χ4v) is 4.98. The lowest BCUT2D eigenvalue weighted by Gasteiger charge is -2.17. The van der Waals surface area contributed by atoms with Crippen LogP contribution in [0.3, 0.4) is 0 Å². The molecule has 20 heavy (non-hydrogen) atoms. The number of nitriles is 1. The number of benzene rings is 1. The molecule has 0 bridgehead atoms. The molecule has 0 saturated carbocycles. The van der Waals surface area contributed by atoms with Crippen LogP contribution >= 0.6 is 58.3 Å². The van der Waals surface area contributed by atoms with E-state index in [2.05, 4.69) is 0 Å². The van der Waals surface area contributed by atoms with Crippen LogP contribution in [0, 0.1) is 10.7 Å². The molecule has 0 aliphatic heterocycles. The van der Waals surface area contributed by atoms with Gasteiger partial charge in [0, 0.05) is 19.0 Å². The first-order valence-corrected chi connectivity index (χ1v) is 9.51. The van der Waals surface area contributed by atoms with Crippen molar-refractivity contribution < 1.29 is 8.42 Å². The SMILES string of the molecule is CN(C)S(=O)(=O)c1cc(Cl)c(Cl)c(Cl)c1SCSC#N. The second-order valence-corrected chi connectivity index (χ2v) is 8.99. The van der Waals surface area contributed by atoms with Gasteiger partial charge in [-0.05, 0) is 17.8 Å². The van der Waals surface area contributed by atoms with Gasteiger partial charge in [-0.1, -0.05) is 34.8 Å². The minimum absolute atomic E-state index is 0.0227. The Hall–Kier alpha value is 0.190. The minimum Gasteiger partial charge on any atom is -0.207 e. The van der Waals surface area contributed by atoms with E-state index < -0.39 is 10.0 Å². The van der Waals surface area contributed by atoms with Crippen molar-refractivity contribution in [2.24, 2.45) is 0 Å². The molecular formula is C10H9Cl3N2O2S3. The van der Waals surface area contributed by atoms with Crippen molar-refractivity contribution in [1.29, 1.82) is 5.26 Å².